The first kappa shape index (κ1) is 14.1. The lowest BCUT2D eigenvalue weighted by Gasteiger charge is -2.29. The molecule has 0 aliphatic heterocycles. The van der Waals surface area contributed by atoms with E-state index in [2.05, 4.69) is 38.1 Å². The number of hydrogen-bond donors (Lipinski definition) is 1. The van der Waals surface area contributed by atoms with E-state index in [0.29, 0.717) is 5.92 Å². The summed E-state index contributed by atoms with van der Waals surface area (Å²) in [7, 11) is 0. The number of carboxylic acids is 1. The molecular formula is C17H24O2. The average molecular weight is 260 g/mol. The first-order valence-corrected chi connectivity index (χ1v) is 7.39. The lowest BCUT2D eigenvalue weighted by Crippen LogP contribution is -2.25. The van der Waals surface area contributed by atoms with Crippen molar-refractivity contribution >= 4 is 5.97 Å². The van der Waals surface area contributed by atoms with E-state index >= 15 is 0 Å². The summed E-state index contributed by atoms with van der Waals surface area (Å²) in [6, 6.07) is 8.62. The van der Waals surface area contributed by atoms with Crippen molar-refractivity contribution in [2.45, 2.75) is 51.9 Å². The second kappa shape index (κ2) is 6.23. The third kappa shape index (κ3) is 3.59. The van der Waals surface area contributed by atoms with Crippen LogP contribution in [0.1, 0.15) is 56.6 Å². The van der Waals surface area contributed by atoms with Crippen LogP contribution in [0.4, 0.5) is 0 Å². The standard InChI is InChI=1S/C17H24O2/c1-12(2)11-13-7-9-14(10-8-13)15-5-3-4-6-16(15)17(18)19/h7-10,12,15-16H,3-6,11H2,1-2H3,(H,18,19). The number of benzene rings is 1. The van der Waals surface area contributed by atoms with Crippen molar-refractivity contribution in [1.29, 1.82) is 0 Å². The maximum absolute atomic E-state index is 11.4. The summed E-state index contributed by atoms with van der Waals surface area (Å²) in [5.41, 5.74) is 2.56. The SMILES string of the molecule is CC(C)Cc1ccc(C2CCCCC2C(=O)O)cc1. The van der Waals surface area contributed by atoms with Crippen LogP contribution in [-0.4, -0.2) is 11.1 Å². The molecule has 2 unspecified atom stereocenters. The van der Waals surface area contributed by atoms with E-state index in [1.165, 1.54) is 11.1 Å². The molecule has 1 fully saturated rings. The third-order valence-corrected chi connectivity index (χ3v) is 4.13. The van der Waals surface area contributed by atoms with Crippen molar-refractivity contribution in [3.8, 4) is 0 Å². The van der Waals surface area contributed by atoms with Gasteiger partial charge in [-0.05, 0) is 42.2 Å². The summed E-state index contributed by atoms with van der Waals surface area (Å²) in [6.45, 7) is 4.44. The molecule has 1 aromatic carbocycles. The zero-order chi connectivity index (χ0) is 13.8. The molecule has 0 saturated heterocycles. The Bertz CT molecular complexity index is 419. The van der Waals surface area contributed by atoms with Gasteiger partial charge in [0.1, 0.15) is 0 Å². The Hall–Kier alpha value is -1.31. The Balaban J connectivity index is 2.13. The van der Waals surface area contributed by atoms with Gasteiger partial charge in [0.2, 0.25) is 0 Å². The van der Waals surface area contributed by atoms with E-state index in [1.807, 2.05) is 0 Å². The lowest BCUT2D eigenvalue weighted by atomic mass is 9.75. The van der Waals surface area contributed by atoms with Crippen LogP contribution < -0.4 is 0 Å². The second-order valence-electron chi connectivity index (χ2n) is 6.18. The fraction of sp³-hybridized carbons (Fsp3) is 0.588. The minimum Gasteiger partial charge on any atom is -0.481 e. The van der Waals surface area contributed by atoms with Crippen LogP contribution >= 0.6 is 0 Å². The van der Waals surface area contributed by atoms with Crippen molar-refractivity contribution in [2.24, 2.45) is 11.8 Å². The van der Waals surface area contributed by atoms with Crippen LogP contribution in [0.3, 0.4) is 0 Å². The minimum absolute atomic E-state index is 0.190. The van der Waals surface area contributed by atoms with E-state index in [9.17, 15) is 9.90 Å². The molecule has 1 N–H and O–H groups in total. The Morgan fingerprint density at radius 2 is 1.84 bits per heavy atom. The fourth-order valence-electron chi connectivity index (χ4n) is 3.20. The third-order valence-electron chi connectivity index (χ3n) is 4.13. The van der Waals surface area contributed by atoms with E-state index in [0.717, 1.165) is 32.1 Å². The van der Waals surface area contributed by atoms with Crippen LogP contribution in [0.5, 0.6) is 0 Å². The molecule has 2 rings (SSSR count). The Kier molecular flexibility index (Phi) is 4.62. The topological polar surface area (TPSA) is 37.3 Å². The van der Waals surface area contributed by atoms with E-state index in [-0.39, 0.29) is 11.8 Å². The van der Waals surface area contributed by atoms with Crippen LogP contribution in [0, 0.1) is 11.8 Å². The highest BCUT2D eigenvalue weighted by Crippen LogP contribution is 2.38. The summed E-state index contributed by atoms with van der Waals surface area (Å²) in [6.07, 6.45) is 5.14. The first-order chi connectivity index (χ1) is 9.08. The molecule has 0 spiro atoms. The van der Waals surface area contributed by atoms with Crippen molar-refractivity contribution in [3.05, 3.63) is 35.4 Å². The molecule has 0 heterocycles. The molecule has 1 saturated carbocycles. The van der Waals surface area contributed by atoms with E-state index in [1.54, 1.807) is 0 Å². The summed E-state index contributed by atoms with van der Waals surface area (Å²) >= 11 is 0. The first-order valence-electron chi connectivity index (χ1n) is 7.39. The number of hydrogen-bond acceptors (Lipinski definition) is 1. The zero-order valence-electron chi connectivity index (χ0n) is 11.9. The minimum atomic E-state index is -0.629. The predicted octanol–water partition coefficient (Wildman–Crippen LogP) is 4.24. The van der Waals surface area contributed by atoms with Crippen molar-refractivity contribution in [3.63, 3.8) is 0 Å². The molecule has 0 aromatic heterocycles. The van der Waals surface area contributed by atoms with Gasteiger partial charge in [-0.1, -0.05) is 51.0 Å². The van der Waals surface area contributed by atoms with Crippen LogP contribution in [0.15, 0.2) is 24.3 Å². The fourth-order valence-corrected chi connectivity index (χ4v) is 3.20. The molecular weight excluding hydrogens is 236 g/mol. The van der Waals surface area contributed by atoms with Crippen LogP contribution in [-0.2, 0) is 11.2 Å². The van der Waals surface area contributed by atoms with Gasteiger partial charge < -0.3 is 5.11 Å². The molecule has 2 nitrogen and oxygen atoms in total. The van der Waals surface area contributed by atoms with Gasteiger partial charge in [-0.25, -0.2) is 0 Å². The highest BCUT2D eigenvalue weighted by atomic mass is 16.4. The molecule has 2 heteroatoms. The molecule has 1 aliphatic carbocycles. The number of rotatable bonds is 4. The van der Waals surface area contributed by atoms with E-state index < -0.39 is 5.97 Å². The van der Waals surface area contributed by atoms with E-state index in [4.69, 9.17) is 0 Å². The largest absolute Gasteiger partial charge is 0.481 e. The molecule has 1 aliphatic rings. The van der Waals surface area contributed by atoms with Gasteiger partial charge in [0, 0.05) is 0 Å². The zero-order valence-corrected chi connectivity index (χ0v) is 11.9. The highest BCUT2D eigenvalue weighted by Gasteiger charge is 2.31. The normalized spacial score (nSPS) is 23.5. The van der Waals surface area contributed by atoms with Gasteiger partial charge in [-0.15, -0.1) is 0 Å². The summed E-state index contributed by atoms with van der Waals surface area (Å²) in [4.78, 5) is 11.4. The van der Waals surface area contributed by atoms with Crippen LogP contribution in [0.25, 0.3) is 0 Å². The van der Waals surface area contributed by atoms with Gasteiger partial charge in [0.25, 0.3) is 0 Å². The Labute approximate surface area is 115 Å². The molecule has 104 valence electrons. The van der Waals surface area contributed by atoms with Crippen molar-refractivity contribution in [1.82, 2.24) is 0 Å². The van der Waals surface area contributed by atoms with Gasteiger partial charge in [0.05, 0.1) is 5.92 Å². The summed E-state index contributed by atoms with van der Waals surface area (Å²) in [5, 5.41) is 9.34. The maximum Gasteiger partial charge on any atom is 0.307 e. The van der Waals surface area contributed by atoms with Gasteiger partial charge in [-0.3, -0.25) is 4.79 Å². The maximum atomic E-state index is 11.4. The summed E-state index contributed by atoms with van der Waals surface area (Å²) in [5.74, 6) is 0.0484. The molecule has 19 heavy (non-hydrogen) atoms. The monoisotopic (exact) mass is 260 g/mol. The number of carbonyl (C=O) groups is 1. The quantitative estimate of drug-likeness (QED) is 0.879. The number of carboxylic acid groups (broad SMARTS) is 1. The molecule has 0 radical (unpaired) electrons. The highest BCUT2D eigenvalue weighted by molar-refractivity contribution is 5.71. The molecule has 1 aromatic rings. The molecule has 2 atom stereocenters. The Morgan fingerprint density at radius 3 is 2.42 bits per heavy atom. The van der Waals surface area contributed by atoms with Gasteiger partial charge >= 0.3 is 5.97 Å². The van der Waals surface area contributed by atoms with Gasteiger partial charge in [0.15, 0.2) is 0 Å². The summed E-state index contributed by atoms with van der Waals surface area (Å²) < 4.78 is 0. The Morgan fingerprint density at radius 1 is 1.21 bits per heavy atom. The number of aliphatic carboxylic acids is 1. The van der Waals surface area contributed by atoms with Crippen molar-refractivity contribution in [2.75, 3.05) is 0 Å². The lowest BCUT2D eigenvalue weighted by molar-refractivity contribution is -0.143. The molecule has 0 bridgehead atoms. The average Bonchev–Trinajstić information content (AvgIpc) is 2.39. The van der Waals surface area contributed by atoms with Crippen LogP contribution in [0.2, 0.25) is 0 Å². The molecule has 0 amide bonds. The van der Waals surface area contributed by atoms with Gasteiger partial charge in [-0.2, -0.15) is 0 Å². The second-order valence-corrected chi connectivity index (χ2v) is 6.18. The predicted molar refractivity (Wildman–Crippen MR) is 77.3 cm³/mol. The van der Waals surface area contributed by atoms with Crippen molar-refractivity contribution < 1.29 is 9.90 Å². The smallest absolute Gasteiger partial charge is 0.307 e.